The van der Waals surface area contributed by atoms with Crippen molar-refractivity contribution >= 4 is 62.2 Å². The van der Waals surface area contributed by atoms with Gasteiger partial charge in [0.2, 0.25) is 11.8 Å². The van der Waals surface area contributed by atoms with Crippen LogP contribution in [0.2, 0.25) is 5.02 Å². The number of amides is 1. The van der Waals surface area contributed by atoms with Gasteiger partial charge in [-0.05, 0) is 132 Å². The molecule has 1 N–H and O–H groups in total. The summed E-state index contributed by atoms with van der Waals surface area (Å²) in [5.74, 6) is -2.27. The van der Waals surface area contributed by atoms with Gasteiger partial charge in [0.1, 0.15) is 23.2 Å². The predicted molar refractivity (Wildman–Crippen MR) is 264 cm³/mol. The monoisotopic (exact) mass is 1030 g/mol. The molecular weight excluding hydrogens is 967 g/mol. The smallest absolute Gasteiger partial charge is 0.454 e. The number of hydrogen-bond acceptors (Lipinski definition) is 11. The van der Waals surface area contributed by atoms with Crippen molar-refractivity contribution < 1.29 is 55.6 Å². The average molecular weight is 1030 g/mol. The Morgan fingerprint density at radius 1 is 1.03 bits per heavy atom. The number of aryl methyl sites for hydroxylation is 2. The number of nitrogens with one attached hydrogen (secondary N) is 1. The number of anilines is 1. The number of rotatable bonds is 19. The molecule has 4 atom stereocenters. The minimum Gasteiger partial charge on any atom is -0.454 e. The molecule has 3 aromatic carbocycles. The summed E-state index contributed by atoms with van der Waals surface area (Å²) in [4.78, 5) is 61.6. The van der Waals surface area contributed by atoms with Crippen LogP contribution < -0.4 is 25.0 Å². The van der Waals surface area contributed by atoms with E-state index in [1.165, 1.54) is 12.1 Å². The molecule has 1 spiro atoms. The maximum atomic E-state index is 14.3. The lowest BCUT2D eigenvalue weighted by atomic mass is 9.74. The molecule has 70 heavy (non-hydrogen) atoms. The standard InChI is InChI=1S/C51H60ClF3N4O9P2/c1-30(2)45(58(7)8)69(25-13-20-56-6)29-33(60)17-16-32-27-39-44(40(52)42(32)67-48(63)49(3,4)5)66-43-36-15-12-23-59-22-11-14-31(41(36)59)26-38(43)50(39)37-28-34(18-19-35(37)46(61)68-50)70(64)65-24-10-9-21-57-47(62)51(53,54)55/h18-19,26-28,30,45H,9-17,20-25,29H2,1-5,7-8H3/p+1. The predicted octanol–water partition coefficient (Wildman–Crippen LogP) is 10.2. The Balaban J connectivity index is 1.33. The summed E-state index contributed by atoms with van der Waals surface area (Å²) in [5.41, 5.74) is 2.21. The first-order valence-corrected chi connectivity index (χ1v) is 27.2. The Kier molecular flexibility index (Phi) is 16.4. The van der Waals surface area contributed by atoms with Gasteiger partial charge in [-0.1, -0.05) is 33.4 Å². The third-order valence-corrected chi connectivity index (χ3v) is 18.1. The van der Waals surface area contributed by atoms with Crippen LogP contribution in [0.15, 0.2) is 30.3 Å². The molecule has 0 bridgehead atoms. The van der Waals surface area contributed by atoms with Crippen molar-refractivity contribution in [2.75, 3.05) is 64.1 Å². The molecule has 0 aliphatic carbocycles. The second-order valence-electron chi connectivity index (χ2n) is 19.9. The molecule has 0 saturated heterocycles. The molecule has 4 heterocycles. The number of hydrogen-bond donors (Lipinski definition) is 1. The molecule has 1 amide bonds. The number of carbonyl (C=O) groups excluding carboxylic acids is 4. The zero-order valence-electron chi connectivity index (χ0n) is 40.8. The molecule has 4 aliphatic rings. The Labute approximate surface area is 414 Å². The molecular formula is C51H61ClF3N4O9P2+. The number of esters is 2. The van der Waals surface area contributed by atoms with Gasteiger partial charge in [0.25, 0.3) is 0 Å². The van der Waals surface area contributed by atoms with Gasteiger partial charge in [-0.3, -0.25) is 14.4 Å². The molecule has 0 fully saturated rings. The Hall–Kier alpha value is -4.64. The zero-order chi connectivity index (χ0) is 50.9. The lowest BCUT2D eigenvalue weighted by molar-refractivity contribution is -0.173. The molecule has 3 aromatic rings. The summed E-state index contributed by atoms with van der Waals surface area (Å²) in [6.45, 7) is 18.6. The second kappa shape index (κ2) is 21.6. The van der Waals surface area contributed by atoms with Gasteiger partial charge in [-0.25, -0.2) is 11.4 Å². The largest absolute Gasteiger partial charge is 0.548 e. The fraction of sp³-hybridized carbons (Fsp3) is 0.549. The molecule has 13 nitrogen and oxygen atoms in total. The number of ketones is 1. The lowest BCUT2D eigenvalue weighted by Gasteiger charge is -2.43. The molecule has 19 heteroatoms. The topological polar surface area (TPSA) is 145 Å². The molecule has 0 radical (unpaired) electrons. The highest BCUT2D eigenvalue weighted by Gasteiger charge is 2.57. The minimum absolute atomic E-state index is 0.00657. The fourth-order valence-electron chi connectivity index (χ4n) is 10.1. The van der Waals surface area contributed by atoms with Crippen LogP contribution in [0.3, 0.4) is 0 Å². The normalized spacial score (nSPS) is 18.0. The van der Waals surface area contributed by atoms with E-state index in [9.17, 15) is 36.9 Å². The van der Waals surface area contributed by atoms with Crippen LogP contribution >= 0.6 is 27.6 Å². The van der Waals surface area contributed by atoms with Crippen LogP contribution in [0, 0.1) is 17.9 Å². The van der Waals surface area contributed by atoms with E-state index in [1.54, 1.807) is 32.9 Å². The fourth-order valence-corrected chi connectivity index (χ4v) is 14.6. The van der Waals surface area contributed by atoms with Crippen LogP contribution in [0.25, 0.3) is 4.85 Å². The van der Waals surface area contributed by atoms with Crippen LogP contribution in [-0.2, 0) is 53.1 Å². The van der Waals surface area contributed by atoms with Crippen LogP contribution in [0.1, 0.15) is 117 Å². The van der Waals surface area contributed by atoms with E-state index in [0.717, 1.165) is 55.3 Å². The van der Waals surface area contributed by atoms with Crippen LogP contribution in [0.4, 0.5) is 18.9 Å². The van der Waals surface area contributed by atoms with Gasteiger partial charge in [0.15, 0.2) is 17.1 Å². The van der Waals surface area contributed by atoms with Crippen molar-refractivity contribution in [1.82, 2.24) is 10.2 Å². The van der Waals surface area contributed by atoms with Crippen molar-refractivity contribution in [2.24, 2.45) is 11.3 Å². The SMILES string of the molecule is [C-]#[N+]CCCP(CC(=O)CCc1cc2c(c(Cl)c1OC(=O)C(C)(C)C)Oc1c(cc3c4c1CCCN4CCC3)C21OC(=O)c2ccc([P+](=O)OCCCCNC(=O)C(F)(F)F)cc21)C(C(C)C)N(C)C. The van der Waals surface area contributed by atoms with Gasteiger partial charge in [0.05, 0.1) is 11.0 Å². The molecule has 4 unspecified atom stereocenters. The van der Waals surface area contributed by atoms with E-state index in [0.29, 0.717) is 53.6 Å². The summed E-state index contributed by atoms with van der Waals surface area (Å²) in [6.07, 6.45) is 0.454. The number of benzene rings is 3. The van der Waals surface area contributed by atoms with Gasteiger partial charge in [-0.15, -0.1) is 4.52 Å². The minimum atomic E-state index is -5.00. The third-order valence-electron chi connectivity index (χ3n) is 13.1. The van der Waals surface area contributed by atoms with E-state index in [4.69, 9.17) is 36.9 Å². The van der Waals surface area contributed by atoms with Gasteiger partial charge < -0.3 is 34.2 Å². The number of ether oxygens (including phenoxy) is 3. The maximum absolute atomic E-state index is 14.3. The number of unbranched alkanes of at least 4 members (excludes halogenated alkanes) is 1. The van der Waals surface area contributed by atoms with Gasteiger partial charge in [0, 0.05) is 78.4 Å². The Morgan fingerprint density at radius 3 is 2.41 bits per heavy atom. The molecule has 376 valence electrons. The van der Waals surface area contributed by atoms with E-state index >= 15 is 0 Å². The molecule has 0 saturated carbocycles. The van der Waals surface area contributed by atoms with E-state index < -0.39 is 51.0 Å². The third kappa shape index (κ3) is 10.9. The highest BCUT2D eigenvalue weighted by atomic mass is 35.5. The second-order valence-corrected chi connectivity index (χ2v) is 24.1. The Morgan fingerprint density at radius 2 is 1.74 bits per heavy atom. The van der Waals surface area contributed by atoms with Crippen molar-refractivity contribution in [1.29, 1.82) is 0 Å². The Bertz CT molecular complexity index is 2600. The number of alkyl halides is 3. The lowest BCUT2D eigenvalue weighted by Crippen LogP contribution is -2.38. The first-order valence-electron chi connectivity index (χ1n) is 23.9. The van der Waals surface area contributed by atoms with Crippen molar-refractivity contribution in [3.63, 3.8) is 0 Å². The quantitative estimate of drug-likeness (QED) is 0.0403. The van der Waals surface area contributed by atoms with Gasteiger partial charge >= 0.3 is 32.1 Å². The summed E-state index contributed by atoms with van der Waals surface area (Å²) in [5, 5.41) is 1.99. The summed E-state index contributed by atoms with van der Waals surface area (Å²) in [6, 6.07) is 8.41. The van der Waals surface area contributed by atoms with Crippen molar-refractivity contribution in [2.45, 2.75) is 110 Å². The molecule has 4 aliphatic heterocycles. The summed E-state index contributed by atoms with van der Waals surface area (Å²) >= 11 is 7.49. The van der Waals surface area contributed by atoms with Gasteiger partial charge in [-0.2, -0.15) is 13.2 Å². The molecule has 0 aromatic heterocycles. The highest BCUT2D eigenvalue weighted by molar-refractivity contribution is 7.59. The number of carbonyl (C=O) groups is 4. The first kappa shape index (κ1) is 53.2. The highest BCUT2D eigenvalue weighted by Crippen LogP contribution is 2.62. The summed E-state index contributed by atoms with van der Waals surface area (Å²) in [7, 11) is 0.623. The number of Topliss-reactive ketones (excluding diaryl/α,β-unsaturated/α-hetero) is 1. The maximum Gasteiger partial charge on any atom is 0.548 e. The van der Waals surface area contributed by atoms with Crippen molar-refractivity contribution in [3.05, 3.63) is 85.7 Å². The summed E-state index contributed by atoms with van der Waals surface area (Å²) < 4.78 is 77.4. The van der Waals surface area contributed by atoms with E-state index in [2.05, 4.69) is 28.5 Å². The zero-order valence-corrected chi connectivity index (χ0v) is 43.3. The van der Waals surface area contributed by atoms with E-state index in [1.807, 2.05) is 25.5 Å². The van der Waals surface area contributed by atoms with Crippen LogP contribution in [0.5, 0.6) is 17.2 Å². The van der Waals surface area contributed by atoms with Crippen molar-refractivity contribution in [3.8, 4) is 17.2 Å². The number of nitrogens with zero attached hydrogens (tertiary/aromatic N) is 3. The first-order chi connectivity index (χ1) is 33.1. The average Bonchev–Trinajstić information content (AvgIpc) is 3.58. The van der Waals surface area contributed by atoms with E-state index in [-0.39, 0.29) is 83.7 Å². The molecule has 7 rings (SSSR count). The number of halogens is 4. The van der Waals surface area contributed by atoms with Crippen LogP contribution in [-0.4, -0.2) is 99.7 Å². The number of fused-ring (bicyclic) bond motifs is 7.